The van der Waals surface area contributed by atoms with Gasteiger partial charge >= 0.3 is 5.97 Å². The molecule has 0 spiro atoms. The smallest absolute Gasteiger partial charge is 0.307 e. The minimum Gasteiger partial charge on any atom is -0.466 e. The van der Waals surface area contributed by atoms with E-state index in [-0.39, 0.29) is 36.6 Å². The van der Waals surface area contributed by atoms with Crippen LogP contribution < -0.4 is 5.32 Å². The van der Waals surface area contributed by atoms with E-state index < -0.39 is 0 Å². The highest BCUT2D eigenvalue weighted by Crippen LogP contribution is 2.30. The predicted octanol–water partition coefficient (Wildman–Crippen LogP) is 4.19. The lowest BCUT2D eigenvalue weighted by atomic mass is 10.1. The molecular weight excluding hydrogens is 457 g/mol. The molecule has 1 amide bonds. The van der Waals surface area contributed by atoms with E-state index in [1.54, 1.807) is 25.3 Å². The number of hydrogen-bond donors (Lipinski definition) is 1. The Morgan fingerprint density at radius 1 is 1.18 bits per heavy atom. The van der Waals surface area contributed by atoms with Crippen molar-refractivity contribution in [1.29, 1.82) is 0 Å². The maximum Gasteiger partial charge on any atom is 0.307 e. The average molecular weight is 480 g/mol. The van der Waals surface area contributed by atoms with E-state index in [0.29, 0.717) is 23.6 Å². The zero-order valence-electron chi connectivity index (χ0n) is 18.6. The zero-order valence-corrected chi connectivity index (χ0v) is 19.4. The summed E-state index contributed by atoms with van der Waals surface area (Å²) in [7, 11) is 0. The molecule has 0 saturated heterocycles. The summed E-state index contributed by atoms with van der Waals surface area (Å²) in [5.41, 5.74) is 3.07. The van der Waals surface area contributed by atoms with Crippen LogP contribution in [0, 0.1) is 12.7 Å². The molecule has 0 bridgehead atoms. The zero-order chi connectivity index (χ0) is 24.1. The summed E-state index contributed by atoms with van der Waals surface area (Å²) in [5.74, 6) is -0.802. The van der Waals surface area contributed by atoms with E-state index in [0.717, 1.165) is 16.0 Å². The van der Waals surface area contributed by atoms with Crippen LogP contribution in [0.15, 0.2) is 54.2 Å². The van der Waals surface area contributed by atoms with Crippen LogP contribution in [0.25, 0.3) is 27.8 Å². The number of carbonyl (C=O) groups is 2. The number of halogens is 1. The van der Waals surface area contributed by atoms with Crippen molar-refractivity contribution in [1.82, 2.24) is 25.1 Å². The molecule has 34 heavy (non-hydrogen) atoms. The van der Waals surface area contributed by atoms with Gasteiger partial charge in [-0.2, -0.15) is 9.78 Å². The normalized spacial score (nSPS) is 10.8. The number of hydrogen-bond acceptors (Lipinski definition) is 7. The second-order valence-electron chi connectivity index (χ2n) is 7.32. The molecule has 0 atom stereocenters. The molecular formula is C24H22FN5O3S. The van der Waals surface area contributed by atoms with Crippen LogP contribution in [0.3, 0.4) is 0 Å². The minimum absolute atomic E-state index is 0.0736. The number of nitrogens with zero attached hydrogens (tertiary/aromatic N) is 4. The Labute approximate surface area is 199 Å². The topological polar surface area (TPSA) is 99.0 Å². The van der Waals surface area contributed by atoms with Gasteiger partial charge in [-0.25, -0.2) is 14.4 Å². The number of aromatic nitrogens is 4. The molecule has 0 aliphatic carbocycles. The highest BCUT2D eigenvalue weighted by atomic mass is 32.1. The first-order valence-corrected chi connectivity index (χ1v) is 11.5. The summed E-state index contributed by atoms with van der Waals surface area (Å²) in [6.45, 7) is 4.03. The Morgan fingerprint density at radius 2 is 1.97 bits per heavy atom. The van der Waals surface area contributed by atoms with E-state index >= 15 is 0 Å². The third kappa shape index (κ3) is 5.01. The molecule has 4 aromatic rings. The quantitative estimate of drug-likeness (QED) is 0.381. The lowest BCUT2D eigenvalue weighted by molar-refractivity contribution is -0.142. The monoisotopic (exact) mass is 479 g/mol. The van der Waals surface area contributed by atoms with Gasteiger partial charge in [-0.1, -0.05) is 6.07 Å². The van der Waals surface area contributed by atoms with Crippen molar-refractivity contribution in [2.45, 2.75) is 20.3 Å². The summed E-state index contributed by atoms with van der Waals surface area (Å²) in [4.78, 5) is 34.4. The number of amides is 1. The van der Waals surface area contributed by atoms with Gasteiger partial charge in [-0.05, 0) is 55.1 Å². The largest absolute Gasteiger partial charge is 0.466 e. The maximum atomic E-state index is 13.4. The van der Waals surface area contributed by atoms with Gasteiger partial charge in [-0.3, -0.25) is 9.59 Å². The van der Waals surface area contributed by atoms with Crippen molar-refractivity contribution in [3.63, 3.8) is 0 Å². The van der Waals surface area contributed by atoms with Gasteiger partial charge in [0.2, 0.25) is 0 Å². The molecule has 1 aromatic carbocycles. The van der Waals surface area contributed by atoms with Crippen LogP contribution in [0.2, 0.25) is 0 Å². The summed E-state index contributed by atoms with van der Waals surface area (Å²) >= 11 is 1.45. The number of thiophene rings is 1. The second-order valence-corrected chi connectivity index (χ2v) is 8.26. The molecule has 174 valence electrons. The third-order valence-corrected chi connectivity index (χ3v) is 5.83. The molecule has 3 aromatic heterocycles. The highest BCUT2D eigenvalue weighted by Gasteiger charge is 2.22. The minimum atomic E-state index is -0.377. The van der Waals surface area contributed by atoms with Crippen molar-refractivity contribution in [2.75, 3.05) is 13.2 Å². The van der Waals surface area contributed by atoms with Gasteiger partial charge in [-0.15, -0.1) is 11.3 Å². The number of carbonyl (C=O) groups excluding carboxylic acids is 2. The third-order valence-electron chi connectivity index (χ3n) is 4.95. The first kappa shape index (κ1) is 23.2. The fourth-order valence-corrected chi connectivity index (χ4v) is 4.13. The average Bonchev–Trinajstić information content (AvgIpc) is 3.50. The Balaban J connectivity index is 1.69. The standard InChI is InChI=1S/C24H22FN5O3S/c1-3-33-20(31)10-11-26-23(32)18-14-28-30(22(18)19-5-4-12-34-19)24-27-13-15(2)21(29-24)16-6-8-17(25)9-7-16/h4-9,12-14H,3,10-11H2,1-2H3,(H,26,32). The van der Waals surface area contributed by atoms with E-state index in [2.05, 4.69) is 20.4 Å². The summed E-state index contributed by atoms with van der Waals surface area (Å²) < 4.78 is 19.8. The molecule has 1 N–H and O–H groups in total. The Bertz CT molecular complexity index is 1300. The summed E-state index contributed by atoms with van der Waals surface area (Å²) in [6, 6.07) is 9.81. The number of aryl methyl sites for hydroxylation is 1. The molecule has 0 aliphatic heterocycles. The number of ether oxygens (including phenoxy) is 1. The van der Waals surface area contributed by atoms with Crippen LogP contribution in [0.5, 0.6) is 0 Å². The number of nitrogens with one attached hydrogen (secondary N) is 1. The second kappa shape index (κ2) is 10.3. The SMILES string of the molecule is CCOC(=O)CCNC(=O)c1cnn(-c2ncc(C)c(-c3ccc(F)cc3)n2)c1-c1cccs1. The molecule has 10 heteroatoms. The first-order valence-electron chi connectivity index (χ1n) is 10.6. The van der Waals surface area contributed by atoms with Gasteiger partial charge in [0, 0.05) is 18.3 Å². The van der Waals surface area contributed by atoms with E-state index in [1.807, 2.05) is 24.4 Å². The molecule has 0 fully saturated rings. The fraction of sp³-hybridized carbons (Fsp3) is 0.208. The van der Waals surface area contributed by atoms with Crippen molar-refractivity contribution in [3.8, 4) is 27.8 Å². The fourth-order valence-electron chi connectivity index (χ4n) is 3.36. The maximum absolute atomic E-state index is 13.4. The summed E-state index contributed by atoms with van der Waals surface area (Å²) in [5, 5.41) is 9.04. The number of esters is 1. The van der Waals surface area contributed by atoms with E-state index in [9.17, 15) is 14.0 Å². The van der Waals surface area contributed by atoms with Crippen molar-refractivity contribution in [2.24, 2.45) is 0 Å². The van der Waals surface area contributed by atoms with Crippen LogP contribution in [0.4, 0.5) is 4.39 Å². The lowest BCUT2D eigenvalue weighted by Crippen LogP contribution is -2.26. The molecule has 8 nitrogen and oxygen atoms in total. The van der Waals surface area contributed by atoms with Gasteiger partial charge in [0.25, 0.3) is 11.9 Å². The summed E-state index contributed by atoms with van der Waals surface area (Å²) in [6.07, 6.45) is 3.19. The molecule has 0 unspecified atom stereocenters. The van der Waals surface area contributed by atoms with Gasteiger partial charge in [0.1, 0.15) is 11.5 Å². The van der Waals surface area contributed by atoms with Gasteiger partial charge in [0.05, 0.1) is 35.4 Å². The van der Waals surface area contributed by atoms with Gasteiger partial charge in [0.15, 0.2) is 0 Å². The highest BCUT2D eigenvalue weighted by molar-refractivity contribution is 7.13. The number of benzene rings is 1. The first-order chi connectivity index (χ1) is 16.5. The van der Waals surface area contributed by atoms with Gasteiger partial charge < -0.3 is 10.1 Å². The molecule has 0 aliphatic rings. The van der Waals surface area contributed by atoms with Crippen molar-refractivity contribution >= 4 is 23.2 Å². The Kier molecular flexibility index (Phi) is 7.07. The van der Waals surface area contributed by atoms with Crippen LogP contribution in [-0.4, -0.2) is 44.8 Å². The van der Waals surface area contributed by atoms with Crippen LogP contribution in [-0.2, 0) is 9.53 Å². The predicted molar refractivity (Wildman–Crippen MR) is 126 cm³/mol. The van der Waals surface area contributed by atoms with Crippen LogP contribution in [0.1, 0.15) is 29.3 Å². The lowest BCUT2D eigenvalue weighted by Gasteiger charge is -2.10. The van der Waals surface area contributed by atoms with Crippen molar-refractivity contribution < 1.29 is 18.7 Å². The van der Waals surface area contributed by atoms with E-state index in [1.165, 1.54) is 34.3 Å². The number of rotatable bonds is 8. The van der Waals surface area contributed by atoms with E-state index in [4.69, 9.17) is 4.74 Å². The van der Waals surface area contributed by atoms with Crippen molar-refractivity contribution in [3.05, 3.63) is 71.1 Å². The molecule has 3 heterocycles. The van der Waals surface area contributed by atoms with Crippen LogP contribution >= 0.6 is 11.3 Å². The molecule has 4 rings (SSSR count). The Hall–Kier alpha value is -3.92. The Morgan fingerprint density at radius 3 is 2.68 bits per heavy atom. The molecule has 0 radical (unpaired) electrons. The molecule has 0 saturated carbocycles.